The van der Waals surface area contributed by atoms with Crippen molar-refractivity contribution in [3.05, 3.63) is 21.3 Å². The van der Waals surface area contributed by atoms with Gasteiger partial charge in [-0.15, -0.1) is 11.3 Å². The molecule has 1 N–H and O–H groups in total. The van der Waals surface area contributed by atoms with Crippen molar-refractivity contribution in [2.75, 3.05) is 18.6 Å². The predicted octanol–water partition coefficient (Wildman–Crippen LogP) is 2.32. The lowest BCUT2D eigenvalue weighted by molar-refractivity contribution is -0.142. The first kappa shape index (κ1) is 12.2. The predicted molar refractivity (Wildman–Crippen MR) is 68.3 cm³/mol. The summed E-state index contributed by atoms with van der Waals surface area (Å²) in [4.78, 5) is 12.6. The third-order valence-corrected chi connectivity index (χ3v) is 4.88. The minimum atomic E-state index is -0.213. The van der Waals surface area contributed by atoms with Gasteiger partial charge in [0.2, 0.25) is 0 Å². The number of halogens is 1. The number of ether oxygens (including phenoxy) is 1. The molecule has 0 bridgehead atoms. The van der Waals surface area contributed by atoms with Crippen LogP contribution < -0.4 is 5.32 Å². The Morgan fingerprint density at radius 3 is 3.00 bits per heavy atom. The van der Waals surface area contributed by atoms with Crippen molar-refractivity contribution in [3.8, 4) is 0 Å². The molecule has 1 fully saturated rings. The number of thiophene rings is 1. The Balaban J connectivity index is 2.04. The Labute approximate surface area is 108 Å². The zero-order valence-corrected chi connectivity index (χ0v) is 11.1. The Bertz CT molecular complexity index is 383. The van der Waals surface area contributed by atoms with E-state index >= 15 is 0 Å². The van der Waals surface area contributed by atoms with Gasteiger partial charge in [-0.25, -0.2) is 0 Å². The van der Waals surface area contributed by atoms with Crippen molar-refractivity contribution < 1.29 is 9.53 Å². The summed E-state index contributed by atoms with van der Waals surface area (Å²) in [6.07, 6.45) is 0. The summed E-state index contributed by atoms with van der Waals surface area (Å²) in [6.45, 7) is 0. The van der Waals surface area contributed by atoms with Crippen molar-refractivity contribution in [1.82, 2.24) is 5.32 Å². The average Bonchev–Trinajstić information content (AvgIpc) is 2.75. The highest BCUT2D eigenvalue weighted by molar-refractivity contribution is 7.99. The van der Waals surface area contributed by atoms with Crippen LogP contribution in [0.4, 0.5) is 0 Å². The maximum absolute atomic E-state index is 11.4. The summed E-state index contributed by atoms with van der Waals surface area (Å²) in [6, 6.07) is 3.87. The molecule has 6 heteroatoms. The molecule has 0 spiro atoms. The fourth-order valence-electron chi connectivity index (χ4n) is 1.60. The van der Waals surface area contributed by atoms with Crippen LogP contribution in [0.15, 0.2) is 12.1 Å². The van der Waals surface area contributed by atoms with E-state index in [1.54, 1.807) is 23.1 Å². The van der Waals surface area contributed by atoms with Crippen LogP contribution in [0, 0.1) is 0 Å². The summed E-state index contributed by atoms with van der Waals surface area (Å²) >= 11 is 9.21. The topological polar surface area (TPSA) is 38.3 Å². The molecule has 2 heterocycles. The lowest BCUT2D eigenvalue weighted by Gasteiger charge is -2.28. The Kier molecular flexibility index (Phi) is 4.13. The highest BCUT2D eigenvalue weighted by atomic mass is 35.5. The molecular weight excluding hydrogens is 266 g/mol. The van der Waals surface area contributed by atoms with Gasteiger partial charge in [0.15, 0.2) is 0 Å². The van der Waals surface area contributed by atoms with Gasteiger partial charge in [-0.2, -0.15) is 11.8 Å². The van der Waals surface area contributed by atoms with E-state index in [0.717, 1.165) is 15.8 Å². The van der Waals surface area contributed by atoms with Crippen LogP contribution in [0.2, 0.25) is 4.34 Å². The molecule has 1 aliphatic rings. The molecule has 2 unspecified atom stereocenters. The average molecular weight is 278 g/mol. The molecule has 1 aromatic rings. The molecule has 1 aliphatic heterocycles. The Morgan fingerprint density at radius 2 is 2.38 bits per heavy atom. The monoisotopic (exact) mass is 277 g/mol. The summed E-state index contributed by atoms with van der Waals surface area (Å²) in [5.41, 5.74) is 0. The number of hydrogen-bond donors (Lipinski definition) is 1. The zero-order valence-electron chi connectivity index (χ0n) is 8.73. The van der Waals surface area contributed by atoms with Crippen molar-refractivity contribution >= 4 is 40.7 Å². The number of methoxy groups -OCH3 is 1. The molecule has 0 aromatic carbocycles. The SMILES string of the molecule is COC(=O)C1CSCC(c2ccc(Cl)s2)N1. The Morgan fingerprint density at radius 1 is 1.56 bits per heavy atom. The van der Waals surface area contributed by atoms with E-state index in [0.29, 0.717) is 0 Å². The van der Waals surface area contributed by atoms with E-state index < -0.39 is 0 Å². The minimum absolute atomic E-state index is 0.195. The van der Waals surface area contributed by atoms with Crippen LogP contribution >= 0.6 is 34.7 Å². The smallest absolute Gasteiger partial charge is 0.323 e. The van der Waals surface area contributed by atoms with Gasteiger partial charge < -0.3 is 4.74 Å². The number of nitrogens with one attached hydrogen (secondary N) is 1. The number of hydrogen-bond acceptors (Lipinski definition) is 5. The van der Waals surface area contributed by atoms with E-state index in [2.05, 4.69) is 5.32 Å². The molecule has 0 saturated carbocycles. The minimum Gasteiger partial charge on any atom is -0.468 e. The van der Waals surface area contributed by atoms with Gasteiger partial charge in [0.25, 0.3) is 0 Å². The molecule has 88 valence electrons. The van der Waals surface area contributed by atoms with Crippen LogP contribution in [-0.4, -0.2) is 30.6 Å². The molecular formula is C10H12ClNO2S2. The third kappa shape index (κ3) is 2.71. The van der Waals surface area contributed by atoms with Crippen molar-refractivity contribution in [2.45, 2.75) is 12.1 Å². The van der Waals surface area contributed by atoms with Gasteiger partial charge in [-0.1, -0.05) is 11.6 Å². The van der Waals surface area contributed by atoms with E-state index in [9.17, 15) is 4.79 Å². The second kappa shape index (κ2) is 5.40. The van der Waals surface area contributed by atoms with E-state index in [1.807, 2.05) is 12.1 Å². The van der Waals surface area contributed by atoms with Crippen LogP contribution in [0.25, 0.3) is 0 Å². The van der Waals surface area contributed by atoms with Gasteiger partial charge in [-0.3, -0.25) is 10.1 Å². The quantitative estimate of drug-likeness (QED) is 0.842. The van der Waals surface area contributed by atoms with Gasteiger partial charge in [-0.05, 0) is 12.1 Å². The van der Waals surface area contributed by atoms with Gasteiger partial charge in [0, 0.05) is 16.4 Å². The van der Waals surface area contributed by atoms with Crippen LogP contribution in [0.3, 0.4) is 0 Å². The number of carbonyl (C=O) groups excluding carboxylic acids is 1. The molecule has 2 rings (SSSR count). The van der Waals surface area contributed by atoms with Gasteiger partial charge in [0.05, 0.1) is 17.5 Å². The maximum Gasteiger partial charge on any atom is 0.323 e. The lowest BCUT2D eigenvalue weighted by atomic mass is 10.2. The van der Waals surface area contributed by atoms with Gasteiger partial charge in [0.1, 0.15) is 6.04 Å². The van der Waals surface area contributed by atoms with Crippen molar-refractivity contribution in [3.63, 3.8) is 0 Å². The van der Waals surface area contributed by atoms with Crippen molar-refractivity contribution in [2.24, 2.45) is 0 Å². The molecule has 0 aliphatic carbocycles. The summed E-state index contributed by atoms with van der Waals surface area (Å²) in [7, 11) is 1.42. The molecule has 16 heavy (non-hydrogen) atoms. The van der Waals surface area contributed by atoms with E-state index in [4.69, 9.17) is 16.3 Å². The lowest BCUT2D eigenvalue weighted by Crippen LogP contribution is -2.45. The number of carbonyl (C=O) groups is 1. The number of thioether (sulfide) groups is 1. The van der Waals surface area contributed by atoms with Gasteiger partial charge >= 0.3 is 5.97 Å². The van der Waals surface area contributed by atoms with Crippen molar-refractivity contribution in [1.29, 1.82) is 0 Å². The van der Waals surface area contributed by atoms with E-state index in [1.165, 1.54) is 12.0 Å². The molecule has 0 radical (unpaired) electrons. The molecule has 1 aromatic heterocycles. The second-order valence-electron chi connectivity index (χ2n) is 3.47. The fourth-order valence-corrected chi connectivity index (χ4v) is 3.94. The van der Waals surface area contributed by atoms with Crippen LogP contribution in [0.1, 0.15) is 10.9 Å². The molecule has 2 atom stereocenters. The highest BCUT2D eigenvalue weighted by Gasteiger charge is 2.28. The van der Waals surface area contributed by atoms with Crippen LogP contribution in [-0.2, 0) is 9.53 Å². The largest absolute Gasteiger partial charge is 0.468 e. The van der Waals surface area contributed by atoms with Crippen LogP contribution in [0.5, 0.6) is 0 Å². The normalized spacial score (nSPS) is 25.4. The summed E-state index contributed by atoms with van der Waals surface area (Å²) in [5.74, 6) is 1.53. The third-order valence-electron chi connectivity index (χ3n) is 2.39. The summed E-state index contributed by atoms with van der Waals surface area (Å²) in [5, 5.41) is 3.29. The summed E-state index contributed by atoms with van der Waals surface area (Å²) < 4.78 is 5.52. The molecule has 3 nitrogen and oxygen atoms in total. The number of esters is 1. The van der Waals surface area contributed by atoms with E-state index in [-0.39, 0.29) is 18.1 Å². The standard InChI is InChI=1S/C10H12ClNO2S2/c1-14-10(13)7-5-15-4-6(12-7)8-2-3-9(11)16-8/h2-3,6-7,12H,4-5H2,1H3. The molecule has 1 saturated heterocycles. The Hall–Kier alpha value is -0.230. The molecule has 0 amide bonds. The maximum atomic E-state index is 11.4. The highest BCUT2D eigenvalue weighted by Crippen LogP contribution is 2.31. The zero-order chi connectivity index (χ0) is 11.5. The number of rotatable bonds is 2. The first-order valence-corrected chi connectivity index (χ1v) is 7.22. The second-order valence-corrected chi connectivity index (χ2v) is 6.30. The first-order chi connectivity index (χ1) is 7.70. The first-order valence-electron chi connectivity index (χ1n) is 4.87. The fraction of sp³-hybridized carbons (Fsp3) is 0.500.